The number of nitrogens with two attached hydrogens (primary N) is 1. The molecule has 0 aromatic heterocycles. The van der Waals surface area contributed by atoms with Gasteiger partial charge in [0.15, 0.2) is 0 Å². The van der Waals surface area contributed by atoms with Crippen molar-refractivity contribution in [3.8, 4) is 0 Å². The lowest BCUT2D eigenvalue weighted by Crippen LogP contribution is -2.64. The van der Waals surface area contributed by atoms with Gasteiger partial charge in [0.1, 0.15) is 5.60 Å². The molecule has 0 saturated heterocycles. The summed E-state index contributed by atoms with van der Waals surface area (Å²) < 4.78 is 10.1. The maximum absolute atomic E-state index is 11.3. The van der Waals surface area contributed by atoms with Crippen molar-refractivity contribution in [1.82, 2.24) is 0 Å². The van der Waals surface area contributed by atoms with Crippen LogP contribution in [-0.2, 0) is 9.47 Å². The van der Waals surface area contributed by atoms with E-state index in [1.165, 1.54) is 13.5 Å². The number of hydrogen-bond acceptors (Lipinski definition) is 4. The molecule has 0 radical (unpaired) electrons. The van der Waals surface area contributed by atoms with Gasteiger partial charge in [-0.3, -0.25) is 0 Å². The third kappa shape index (κ3) is 1.51. The summed E-state index contributed by atoms with van der Waals surface area (Å²) in [7, 11) is 1.36. The molecule has 0 heterocycles. The predicted molar refractivity (Wildman–Crippen MR) is 57.8 cm³/mol. The van der Waals surface area contributed by atoms with Crippen LogP contribution in [0.5, 0.6) is 0 Å². The summed E-state index contributed by atoms with van der Waals surface area (Å²) >= 11 is 0. The summed E-state index contributed by atoms with van der Waals surface area (Å²) in [6.07, 6.45) is 5.72. The van der Waals surface area contributed by atoms with Crippen LogP contribution in [0.2, 0.25) is 0 Å². The van der Waals surface area contributed by atoms with E-state index in [0.717, 1.165) is 32.1 Å². The largest absolute Gasteiger partial charge is 0.508 e. The van der Waals surface area contributed by atoms with Crippen molar-refractivity contribution >= 4 is 6.16 Å². The molecule has 4 saturated carbocycles. The van der Waals surface area contributed by atoms with Gasteiger partial charge in [0, 0.05) is 12.0 Å². The normalized spacial score (nSPS) is 49.1. The third-order valence-corrected chi connectivity index (χ3v) is 4.52. The Morgan fingerprint density at radius 2 is 1.88 bits per heavy atom. The van der Waals surface area contributed by atoms with E-state index in [0.29, 0.717) is 11.8 Å². The SMILES string of the molecule is COC(=O)OC12CC3CC(CC(N)(C3)C1)C2. The maximum atomic E-state index is 11.3. The van der Waals surface area contributed by atoms with Crippen LogP contribution in [0.4, 0.5) is 4.79 Å². The molecule has 4 nitrogen and oxygen atoms in total. The van der Waals surface area contributed by atoms with Crippen LogP contribution < -0.4 is 5.73 Å². The van der Waals surface area contributed by atoms with Crippen molar-refractivity contribution in [2.45, 2.75) is 49.7 Å². The summed E-state index contributed by atoms with van der Waals surface area (Å²) in [4.78, 5) is 11.3. The van der Waals surface area contributed by atoms with Crippen LogP contribution >= 0.6 is 0 Å². The average molecular weight is 225 g/mol. The molecule has 2 unspecified atom stereocenters. The quantitative estimate of drug-likeness (QED) is 0.691. The highest BCUT2D eigenvalue weighted by Crippen LogP contribution is 2.57. The lowest BCUT2D eigenvalue weighted by molar-refractivity contribution is -0.147. The molecule has 4 aliphatic carbocycles. The Balaban J connectivity index is 1.83. The van der Waals surface area contributed by atoms with Gasteiger partial charge in [0.05, 0.1) is 7.11 Å². The molecule has 2 N–H and O–H groups in total. The van der Waals surface area contributed by atoms with E-state index in [4.69, 9.17) is 10.5 Å². The van der Waals surface area contributed by atoms with Crippen LogP contribution in [0.15, 0.2) is 0 Å². The Kier molecular flexibility index (Phi) is 2.03. The summed E-state index contributed by atoms with van der Waals surface area (Å²) in [5.74, 6) is 1.30. The Bertz CT molecular complexity index is 314. The molecule has 90 valence electrons. The van der Waals surface area contributed by atoms with E-state index >= 15 is 0 Å². The fourth-order valence-corrected chi connectivity index (χ4v) is 4.59. The molecule has 0 amide bonds. The van der Waals surface area contributed by atoms with E-state index < -0.39 is 6.16 Å². The van der Waals surface area contributed by atoms with Crippen molar-refractivity contribution in [3.05, 3.63) is 0 Å². The molecule has 4 fully saturated rings. The molecule has 4 aliphatic rings. The van der Waals surface area contributed by atoms with E-state index in [1.807, 2.05) is 0 Å². The van der Waals surface area contributed by atoms with Gasteiger partial charge in [-0.2, -0.15) is 0 Å². The molecular weight excluding hydrogens is 206 g/mol. The highest BCUT2D eigenvalue weighted by molar-refractivity contribution is 5.60. The van der Waals surface area contributed by atoms with E-state index in [-0.39, 0.29) is 11.1 Å². The molecule has 0 aromatic rings. The van der Waals surface area contributed by atoms with Gasteiger partial charge < -0.3 is 15.2 Å². The monoisotopic (exact) mass is 225 g/mol. The van der Waals surface area contributed by atoms with Gasteiger partial charge in [-0.05, 0) is 43.9 Å². The van der Waals surface area contributed by atoms with Gasteiger partial charge in [-0.1, -0.05) is 0 Å². The molecule has 4 heteroatoms. The van der Waals surface area contributed by atoms with Crippen LogP contribution in [0.25, 0.3) is 0 Å². The van der Waals surface area contributed by atoms with Gasteiger partial charge in [-0.15, -0.1) is 0 Å². The zero-order valence-electron chi connectivity index (χ0n) is 9.70. The Morgan fingerprint density at radius 3 is 2.38 bits per heavy atom. The smallest absolute Gasteiger partial charge is 0.438 e. The van der Waals surface area contributed by atoms with E-state index in [1.54, 1.807) is 0 Å². The lowest BCUT2D eigenvalue weighted by Gasteiger charge is -2.59. The average Bonchev–Trinajstić information content (AvgIpc) is 2.12. The fourth-order valence-electron chi connectivity index (χ4n) is 4.59. The molecule has 4 bridgehead atoms. The standard InChI is InChI=1S/C12H19NO3/c1-15-10(14)16-12-5-8-2-9(6-12)4-11(13,3-8)7-12/h8-9H,2-7,13H2,1H3. The van der Waals surface area contributed by atoms with E-state index in [2.05, 4.69) is 4.74 Å². The zero-order valence-corrected chi connectivity index (χ0v) is 9.70. The van der Waals surface area contributed by atoms with Gasteiger partial charge >= 0.3 is 6.16 Å². The highest BCUT2D eigenvalue weighted by atomic mass is 16.7. The van der Waals surface area contributed by atoms with Crippen LogP contribution in [0, 0.1) is 11.8 Å². The molecular formula is C12H19NO3. The Labute approximate surface area is 95.5 Å². The van der Waals surface area contributed by atoms with Crippen molar-refractivity contribution < 1.29 is 14.3 Å². The van der Waals surface area contributed by atoms with Crippen molar-refractivity contribution in [3.63, 3.8) is 0 Å². The summed E-state index contributed by atoms with van der Waals surface area (Å²) in [6, 6.07) is 0. The first kappa shape index (κ1) is 10.4. The minimum Gasteiger partial charge on any atom is -0.438 e. The number of carbonyl (C=O) groups is 1. The first-order chi connectivity index (χ1) is 7.53. The molecule has 16 heavy (non-hydrogen) atoms. The Morgan fingerprint density at radius 1 is 1.25 bits per heavy atom. The van der Waals surface area contributed by atoms with Crippen LogP contribution in [0.1, 0.15) is 38.5 Å². The van der Waals surface area contributed by atoms with Gasteiger partial charge in [-0.25, -0.2) is 4.79 Å². The number of rotatable bonds is 1. The minimum absolute atomic E-state index is 0.0852. The highest BCUT2D eigenvalue weighted by Gasteiger charge is 2.58. The van der Waals surface area contributed by atoms with Crippen LogP contribution in [0.3, 0.4) is 0 Å². The zero-order chi connectivity index (χ0) is 11.4. The van der Waals surface area contributed by atoms with E-state index in [9.17, 15) is 4.79 Å². The summed E-state index contributed by atoms with van der Waals surface area (Å²) in [6.45, 7) is 0. The molecule has 0 aromatic carbocycles. The van der Waals surface area contributed by atoms with Crippen molar-refractivity contribution in [2.24, 2.45) is 17.6 Å². The first-order valence-electron chi connectivity index (χ1n) is 6.08. The van der Waals surface area contributed by atoms with Gasteiger partial charge in [0.25, 0.3) is 0 Å². The Hall–Kier alpha value is -0.770. The van der Waals surface area contributed by atoms with Crippen LogP contribution in [-0.4, -0.2) is 24.4 Å². The number of methoxy groups -OCH3 is 1. The second-order valence-electron chi connectivity index (χ2n) is 6.06. The first-order valence-corrected chi connectivity index (χ1v) is 6.08. The number of hydrogen-bond donors (Lipinski definition) is 1. The lowest BCUT2D eigenvalue weighted by atomic mass is 9.51. The second kappa shape index (κ2) is 3.13. The third-order valence-electron chi connectivity index (χ3n) is 4.52. The minimum atomic E-state index is -0.550. The molecule has 4 rings (SSSR count). The number of ether oxygens (including phenoxy) is 2. The van der Waals surface area contributed by atoms with Crippen molar-refractivity contribution in [1.29, 1.82) is 0 Å². The summed E-state index contributed by atoms with van der Waals surface area (Å²) in [5.41, 5.74) is 5.99. The van der Waals surface area contributed by atoms with Crippen molar-refractivity contribution in [2.75, 3.05) is 7.11 Å². The molecule has 0 spiro atoms. The summed E-state index contributed by atoms with van der Waals surface area (Å²) in [5, 5.41) is 0. The maximum Gasteiger partial charge on any atom is 0.508 e. The second-order valence-corrected chi connectivity index (χ2v) is 6.06. The fraction of sp³-hybridized carbons (Fsp3) is 0.917. The molecule has 2 atom stereocenters. The topological polar surface area (TPSA) is 61.5 Å². The van der Waals surface area contributed by atoms with Gasteiger partial charge in [0.2, 0.25) is 0 Å². The molecule has 0 aliphatic heterocycles. The number of carbonyl (C=O) groups excluding carboxylic acids is 1. The predicted octanol–water partition coefficient (Wildman–Crippen LogP) is 1.82.